The normalized spacial score (nSPS) is 11.0. The molecule has 0 saturated carbocycles. The Balaban J connectivity index is 2.13. The average Bonchev–Trinajstić information content (AvgIpc) is 2.49. The molecule has 5 nitrogen and oxygen atoms in total. The van der Waals surface area contributed by atoms with Gasteiger partial charge in [-0.25, -0.2) is 8.42 Å². The largest absolute Gasteiger partial charge is 0.469 e. The van der Waals surface area contributed by atoms with Crippen LogP contribution in [0.1, 0.15) is 11.1 Å². The van der Waals surface area contributed by atoms with Gasteiger partial charge in [-0.05, 0) is 36.8 Å². The van der Waals surface area contributed by atoms with Crippen LogP contribution >= 0.6 is 0 Å². The highest BCUT2D eigenvalue weighted by Crippen LogP contribution is 2.17. The molecule has 0 aliphatic heterocycles. The van der Waals surface area contributed by atoms with Gasteiger partial charge in [0.2, 0.25) is 0 Å². The average molecular weight is 319 g/mol. The number of anilines is 1. The highest BCUT2D eigenvalue weighted by molar-refractivity contribution is 7.92. The summed E-state index contributed by atoms with van der Waals surface area (Å²) < 4.78 is 31.6. The molecule has 0 atom stereocenters. The van der Waals surface area contributed by atoms with Gasteiger partial charge in [0.25, 0.3) is 10.0 Å². The molecule has 116 valence electrons. The predicted molar refractivity (Wildman–Crippen MR) is 84.1 cm³/mol. The molecule has 0 amide bonds. The minimum atomic E-state index is -3.61. The molecule has 0 radical (unpaired) electrons. The number of rotatable bonds is 5. The quantitative estimate of drug-likeness (QED) is 0.860. The fraction of sp³-hybridized carbons (Fsp3) is 0.188. The lowest BCUT2D eigenvalue weighted by atomic mass is 10.1. The van der Waals surface area contributed by atoms with E-state index in [1.54, 1.807) is 48.5 Å². The van der Waals surface area contributed by atoms with Crippen LogP contribution in [-0.4, -0.2) is 21.5 Å². The maximum atomic E-state index is 12.2. The van der Waals surface area contributed by atoms with Crippen molar-refractivity contribution in [1.29, 1.82) is 0 Å². The van der Waals surface area contributed by atoms with Crippen LogP contribution in [0.4, 0.5) is 5.69 Å². The highest BCUT2D eigenvalue weighted by atomic mass is 32.2. The maximum absolute atomic E-state index is 12.2. The minimum absolute atomic E-state index is 0.154. The van der Waals surface area contributed by atoms with Crippen LogP contribution in [0.15, 0.2) is 53.4 Å². The first-order valence-corrected chi connectivity index (χ1v) is 8.14. The van der Waals surface area contributed by atoms with Crippen molar-refractivity contribution >= 4 is 21.7 Å². The zero-order valence-corrected chi connectivity index (χ0v) is 13.2. The molecule has 0 aliphatic carbocycles. The summed E-state index contributed by atoms with van der Waals surface area (Å²) in [6, 6.07) is 13.2. The van der Waals surface area contributed by atoms with Gasteiger partial charge in [0.15, 0.2) is 0 Å². The van der Waals surface area contributed by atoms with E-state index >= 15 is 0 Å². The number of aryl methyl sites for hydroxylation is 1. The number of methoxy groups -OCH3 is 1. The van der Waals surface area contributed by atoms with Crippen molar-refractivity contribution in [3.05, 3.63) is 59.7 Å². The Kier molecular flexibility index (Phi) is 4.82. The molecule has 1 N–H and O–H groups in total. The SMILES string of the molecule is COC(=O)Cc1ccc(NS(=O)(=O)c2ccc(C)cc2)cc1. The van der Waals surface area contributed by atoms with Crippen LogP contribution in [0, 0.1) is 6.92 Å². The minimum Gasteiger partial charge on any atom is -0.469 e. The second-order valence-corrected chi connectivity index (χ2v) is 6.55. The lowest BCUT2D eigenvalue weighted by Gasteiger charge is -2.09. The molecule has 2 rings (SSSR count). The van der Waals surface area contributed by atoms with Gasteiger partial charge in [-0.15, -0.1) is 0 Å². The van der Waals surface area contributed by atoms with Crippen molar-refractivity contribution in [2.24, 2.45) is 0 Å². The molecule has 0 spiro atoms. The second-order valence-electron chi connectivity index (χ2n) is 4.87. The van der Waals surface area contributed by atoms with Gasteiger partial charge in [-0.2, -0.15) is 0 Å². The number of ether oxygens (including phenoxy) is 1. The van der Waals surface area contributed by atoms with E-state index in [1.807, 2.05) is 6.92 Å². The third kappa shape index (κ3) is 4.08. The first kappa shape index (κ1) is 16.0. The van der Waals surface area contributed by atoms with Crippen LogP contribution in [0.2, 0.25) is 0 Å². The highest BCUT2D eigenvalue weighted by Gasteiger charge is 2.13. The maximum Gasteiger partial charge on any atom is 0.309 e. The molecule has 0 fully saturated rings. The topological polar surface area (TPSA) is 72.5 Å². The van der Waals surface area contributed by atoms with Crippen molar-refractivity contribution in [3.63, 3.8) is 0 Å². The lowest BCUT2D eigenvalue weighted by Crippen LogP contribution is -2.13. The third-order valence-electron chi connectivity index (χ3n) is 3.11. The number of benzene rings is 2. The van der Waals surface area contributed by atoms with Gasteiger partial charge >= 0.3 is 5.97 Å². The molecule has 0 bridgehead atoms. The Hall–Kier alpha value is -2.34. The molecule has 2 aromatic carbocycles. The number of hydrogen-bond acceptors (Lipinski definition) is 4. The molecule has 2 aromatic rings. The smallest absolute Gasteiger partial charge is 0.309 e. The molecule has 6 heteroatoms. The van der Waals surface area contributed by atoms with Crippen molar-refractivity contribution in [2.75, 3.05) is 11.8 Å². The first-order chi connectivity index (χ1) is 10.4. The molecular weight excluding hydrogens is 302 g/mol. The third-order valence-corrected chi connectivity index (χ3v) is 4.51. The van der Waals surface area contributed by atoms with Crippen LogP contribution in [0.3, 0.4) is 0 Å². The van der Waals surface area contributed by atoms with Gasteiger partial charge in [-0.1, -0.05) is 29.8 Å². The van der Waals surface area contributed by atoms with Crippen molar-refractivity contribution in [1.82, 2.24) is 0 Å². The van der Waals surface area contributed by atoms with E-state index in [1.165, 1.54) is 7.11 Å². The summed E-state index contributed by atoms with van der Waals surface area (Å²) in [5.41, 5.74) is 2.19. The Morgan fingerprint density at radius 1 is 1.05 bits per heavy atom. The molecule has 0 unspecified atom stereocenters. The molecule has 0 aliphatic rings. The van der Waals surface area contributed by atoms with Crippen molar-refractivity contribution in [3.8, 4) is 0 Å². The number of nitrogens with one attached hydrogen (secondary N) is 1. The van der Waals surface area contributed by atoms with E-state index in [2.05, 4.69) is 9.46 Å². The van der Waals surface area contributed by atoms with Gasteiger partial charge < -0.3 is 4.74 Å². The zero-order chi connectivity index (χ0) is 16.2. The number of carbonyl (C=O) groups excluding carboxylic acids is 1. The first-order valence-electron chi connectivity index (χ1n) is 6.66. The zero-order valence-electron chi connectivity index (χ0n) is 12.4. The Morgan fingerprint density at radius 2 is 1.64 bits per heavy atom. The standard InChI is InChI=1S/C16H17NO4S/c1-12-3-9-15(10-4-12)22(19,20)17-14-7-5-13(6-8-14)11-16(18)21-2/h3-10,17H,11H2,1-2H3. The van der Waals surface area contributed by atoms with Crippen LogP contribution in [0.5, 0.6) is 0 Å². The van der Waals surface area contributed by atoms with Gasteiger partial charge in [-0.3, -0.25) is 9.52 Å². The monoisotopic (exact) mass is 319 g/mol. The summed E-state index contributed by atoms with van der Waals surface area (Å²) in [6.07, 6.45) is 0.154. The number of hydrogen-bond donors (Lipinski definition) is 1. The van der Waals surface area contributed by atoms with Crippen LogP contribution in [0.25, 0.3) is 0 Å². The van der Waals surface area contributed by atoms with E-state index in [0.717, 1.165) is 11.1 Å². The summed E-state index contributed by atoms with van der Waals surface area (Å²) in [6.45, 7) is 1.89. The molecule has 0 saturated heterocycles. The number of sulfonamides is 1. The van der Waals surface area contributed by atoms with E-state index in [9.17, 15) is 13.2 Å². The van der Waals surface area contributed by atoms with Crippen molar-refractivity contribution in [2.45, 2.75) is 18.2 Å². The summed E-state index contributed by atoms with van der Waals surface area (Å²) in [5.74, 6) is -0.340. The van der Waals surface area contributed by atoms with Gasteiger partial charge in [0.05, 0.1) is 18.4 Å². The lowest BCUT2D eigenvalue weighted by molar-refractivity contribution is -0.139. The van der Waals surface area contributed by atoms with Crippen LogP contribution in [-0.2, 0) is 26.0 Å². The summed E-state index contributed by atoms with van der Waals surface area (Å²) >= 11 is 0. The molecule has 22 heavy (non-hydrogen) atoms. The fourth-order valence-corrected chi connectivity index (χ4v) is 2.92. The number of carbonyl (C=O) groups is 1. The molecule has 0 heterocycles. The summed E-state index contributed by atoms with van der Waals surface area (Å²) in [5, 5.41) is 0. The predicted octanol–water partition coefficient (Wildman–Crippen LogP) is 2.51. The van der Waals surface area contributed by atoms with Gasteiger partial charge in [0, 0.05) is 5.69 Å². The van der Waals surface area contributed by atoms with Crippen LogP contribution < -0.4 is 4.72 Å². The summed E-state index contributed by atoms with van der Waals surface area (Å²) in [4.78, 5) is 11.4. The van der Waals surface area contributed by atoms with E-state index in [4.69, 9.17) is 0 Å². The Morgan fingerprint density at radius 3 is 2.18 bits per heavy atom. The van der Waals surface area contributed by atoms with Gasteiger partial charge in [0.1, 0.15) is 0 Å². The van der Waals surface area contributed by atoms with E-state index in [0.29, 0.717) is 5.69 Å². The number of esters is 1. The molecule has 0 aromatic heterocycles. The van der Waals surface area contributed by atoms with Crippen molar-refractivity contribution < 1.29 is 17.9 Å². The Bertz CT molecular complexity index is 750. The summed E-state index contributed by atoms with van der Waals surface area (Å²) in [7, 11) is -2.29. The Labute approximate surface area is 130 Å². The van der Waals surface area contributed by atoms with E-state index < -0.39 is 10.0 Å². The second kappa shape index (κ2) is 6.62. The van der Waals surface area contributed by atoms with E-state index in [-0.39, 0.29) is 17.3 Å². The fourth-order valence-electron chi connectivity index (χ4n) is 1.86. The molecular formula is C16H17NO4S.